The zero-order valence-electron chi connectivity index (χ0n) is 32.8. The van der Waals surface area contributed by atoms with Gasteiger partial charge in [-0.1, -0.05) is 92.5 Å². The van der Waals surface area contributed by atoms with Crippen LogP contribution in [-0.4, -0.2) is 83.7 Å². The third-order valence-corrected chi connectivity index (χ3v) is 8.74. The minimum absolute atomic E-state index is 0.00362. The molecule has 14 heteroatoms. The Kier molecular flexibility index (Phi) is 18.1. The van der Waals surface area contributed by atoms with Crippen LogP contribution in [0.15, 0.2) is 24.3 Å². The molecule has 14 nitrogen and oxygen atoms in total. The maximum absolute atomic E-state index is 14.5. The van der Waals surface area contributed by atoms with Crippen LogP contribution in [0.3, 0.4) is 0 Å². The lowest BCUT2D eigenvalue weighted by Crippen LogP contribution is -2.65. The first kappa shape index (κ1) is 45.7. The van der Waals surface area contributed by atoms with E-state index in [9.17, 15) is 38.7 Å². The number of aliphatic hydroxyl groups is 1. The fourth-order valence-corrected chi connectivity index (χ4v) is 5.72. The summed E-state index contributed by atoms with van der Waals surface area (Å²) in [5, 5.41) is 25.8. The maximum atomic E-state index is 14.5. The van der Waals surface area contributed by atoms with E-state index in [0.717, 1.165) is 12.8 Å². The summed E-state index contributed by atoms with van der Waals surface area (Å²) in [6.45, 7) is 18.2. The lowest BCUT2D eigenvalue weighted by Gasteiger charge is -2.38. The van der Waals surface area contributed by atoms with E-state index in [4.69, 9.17) is 0 Å². The van der Waals surface area contributed by atoms with Crippen molar-refractivity contribution in [2.75, 3.05) is 6.61 Å². The summed E-state index contributed by atoms with van der Waals surface area (Å²) >= 11 is 0. The van der Waals surface area contributed by atoms with Gasteiger partial charge < -0.3 is 41.8 Å². The second kappa shape index (κ2) is 20.6. The van der Waals surface area contributed by atoms with Crippen LogP contribution in [0.25, 0.3) is 0 Å². The highest BCUT2D eigenvalue weighted by atomic mass is 16.3. The van der Waals surface area contributed by atoms with Gasteiger partial charge in [0.15, 0.2) is 0 Å². The number of hydrogen-bond donors (Lipinski definition) is 7. The SMILES string of the molecule is CCCCC(C=O)NC(=O)[C@H](CC(C)C)NC(=O)[C@@H](NC(=O)C(C)(NC(=O)[C@H](NC(=O)[C@H](CO)NC(C)=O)C(C)C)c1ccccc1C)C(C)(C)C. The average molecular weight is 731 g/mol. The molecular formula is C38H62N6O8. The first-order chi connectivity index (χ1) is 24.1. The standard InChI is InChI=1S/C38H62N6O8/c1-12-13-17-26(20-45)40-32(48)28(19-22(2)3)41-35(51)31(37(8,9)10)43-36(52)38(11,27-18-15-14-16-24(27)6)44-34(50)30(23(4)5)42-33(49)29(21-46)39-25(7)47/h14-16,18,20,22-23,26,28-31,46H,12-13,17,19,21H2,1-11H3,(H,39,47)(H,40,48)(H,41,51)(H,42,49)(H,43,52)(H,44,50)/t26?,28-,29-,30+,31+,38?/m0/s1. The summed E-state index contributed by atoms with van der Waals surface area (Å²) in [7, 11) is 0. The fourth-order valence-electron chi connectivity index (χ4n) is 5.72. The number of benzene rings is 1. The Bertz CT molecular complexity index is 1410. The van der Waals surface area contributed by atoms with E-state index in [-0.39, 0.29) is 12.3 Å². The van der Waals surface area contributed by atoms with Crippen molar-refractivity contribution in [2.45, 2.75) is 138 Å². The minimum Gasteiger partial charge on any atom is -0.394 e. The van der Waals surface area contributed by atoms with Crippen molar-refractivity contribution in [3.8, 4) is 0 Å². The molecule has 0 spiro atoms. The van der Waals surface area contributed by atoms with Crippen molar-refractivity contribution in [3.05, 3.63) is 35.4 Å². The van der Waals surface area contributed by atoms with Gasteiger partial charge in [0.1, 0.15) is 36.0 Å². The number of aryl methyl sites for hydroxylation is 1. The van der Waals surface area contributed by atoms with E-state index in [1.54, 1.807) is 65.8 Å². The van der Waals surface area contributed by atoms with Crippen LogP contribution in [0.1, 0.15) is 106 Å². The van der Waals surface area contributed by atoms with Gasteiger partial charge in [-0.25, -0.2) is 0 Å². The molecule has 0 fully saturated rings. The first-order valence-corrected chi connectivity index (χ1v) is 18.1. The molecule has 2 unspecified atom stereocenters. The molecule has 0 aromatic heterocycles. The molecule has 0 heterocycles. The van der Waals surface area contributed by atoms with Gasteiger partial charge in [-0.2, -0.15) is 0 Å². The molecule has 0 saturated carbocycles. The van der Waals surface area contributed by atoms with Crippen molar-refractivity contribution in [2.24, 2.45) is 17.3 Å². The van der Waals surface area contributed by atoms with Crippen LogP contribution in [-0.2, 0) is 39.1 Å². The molecule has 52 heavy (non-hydrogen) atoms. The van der Waals surface area contributed by atoms with E-state index in [1.807, 2.05) is 20.8 Å². The summed E-state index contributed by atoms with van der Waals surface area (Å²) in [6, 6.07) is 1.56. The summed E-state index contributed by atoms with van der Waals surface area (Å²) in [4.78, 5) is 92.1. The topological polar surface area (TPSA) is 212 Å². The number of carbonyl (C=O) groups is 7. The molecular weight excluding hydrogens is 668 g/mol. The average Bonchev–Trinajstić information content (AvgIpc) is 3.04. The zero-order chi connectivity index (χ0) is 40.0. The third kappa shape index (κ3) is 13.7. The van der Waals surface area contributed by atoms with Crippen LogP contribution in [0.5, 0.6) is 0 Å². The fraction of sp³-hybridized carbons (Fsp3) is 0.658. The lowest BCUT2D eigenvalue weighted by atomic mass is 9.83. The third-order valence-electron chi connectivity index (χ3n) is 8.74. The molecule has 1 rings (SSSR count). The van der Waals surface area contributed by atoms with Gasteiger partial charge in [0.05, 0.1) is 12.6 Å². The molecule has 7 N–H and O–H groups in total. The van der Waals surface area contributed by atoms with Crippen LogP contribution in [0, 0.1) is 24.2 Å². The Hall–Kier alpha value is -4.33. The number of amides is 6. The van der Waals surface area contributed by atoms with E-state index < -0.39 is 89.1 Å². The molecule has 0 bridgehead atoms. The Morgan fingerprint density at radius 2 is 1.40 bits per heavy atom. The number of rotatable bonds is 20. The Morgan fingerprint density at radius 3 is 1.88 bits per heavy atom. The zero-order valence-corrected chi connectivity index (χ0v) is 32.8. The summed E-state index contributed by atoms with van der Waals surface area (Å²) in [6.07, 6.45) is 3.02. The van der Waals surface area contributed by atoms with E-state index in [1.165, 1.54) is 13.8 Å². The van der Waals surface area contributed by atoms with Crippen molar-refractivity contribution in [1.29, 1.82) is 0 Å². The van der Waals surface area contributed by atoms with E-state index in [0.29, 0.717) is 23.8 Å². The predicted molar refractivity (Wildman–Crippen MR) is 198 cm³/mol. The smallest absolute Gasteiger partial charge is 0.250 e. The number of aldehydes is 1. The number of aliphatic hydroxyl groups excluding tert-OH is 1. The summed E-state index contributed by atoms with van der Waals surface area (Å²) in [5.41, 5.74) is -1.56. The largest absolute Gasteiger partial charge is 0.394 e. The van der Waals surface area contributed by atoms with Gasteiger partial charge in [-0.05, 0) is 55.1 Å². The summed E-state index contributed by atoms with van der Waals surface area (Å²) in [5.74, 6) is -4.40. The molecule has 0 radical (unpaired) electrons. The minimum atomic E-state index is -1.77. The quantitative estimate of drug-likeness (QED) is 0.0983. The van der Waals surface area contributed by atoms with Gasteiger partial charge >= 0.3 is 0 Å². The van der Waals surface area contributed by atoms with Crippen molar-refractivity contribution in [1.82, 2.24) is 31.9 Å². The van der Waals surface area contributed by atoms with Crippen molar-refractivity contribution >= 4 is 41.7 Å². The molecule has 1 aromatic carbocycles. The second-order valence-electron chi connectivity index (χ2n) is 15.5. The van der Waals surface area contributed by atoms with Gasteiger partial charge in [-0.3, -0.25) is 28.8 Å². The molecule has 0 aliphatic heterocycles. The molecule has 6 amide bonds. The normalized spacial score (nSPS) is 15.6. The molecule has 1 aromatic rings. The predicted octanol–water partition coefficient (Wildman–Crippen LogP) is 1.90. The van der Waals surface area contributed by atoms with Crippen LogP contribution in [0.4, 0.5) is 0 Å². The molecule has 292 valence electrons. The highest BCUT2D eigenvalue weighted by Gasteiger charge is 2.44. The summed E-state index contributed by atoms with van der Waals surface area (Å²) < 4.78 is 0. The van der Waals surface area contributed by atoms with Crippen LogP contribution >= 0.6 is 0 Å². The van der Waals surface area contributed by atoms with Gasteiger partial charge in [0, 0.05) is 6.92 Å². The van der Waals surface area contributed by atoms with E-state index >= 15 is 0 Å². The van der Waals surface area contributed by atoms with Crippen LogP contribution < -0.4 is 31.9 Å². The Balaban J connectivity index is 3.54. The monoisotopic (exact) mass is 730 g/mol. The van der Waals surface area contributed by atoms with Gasteiger partial charge in [-0.15, -0.1) is 0 Å². The Labute approximate surface area is 308 Å². The number of unbranched alkanes of at least 4 members (excludes halogenated alkanes) is 1. The highest BCUT2D eigenvalue weighted by Crippen LogP contribution is 2.28. The van der Waals surface area contributed by atoms with Gasteiger partial charge in [0.25, 0.3) is 5.91 Å². The van der Waals surface area contributed by atoms with Gasteiger partial charge in [0.2, 0.25) is 29.5 Å². The van der Waals surface area contributed by atoms with E-state index in [2.05, 4.69) is 31.9 Å². The van der Waals surface area contributed by atoms with Crippen molar-refractivity contribution < 1.29 is 38.7 Å². The number of carbonyl (C=O) groups excluding carboxylic acids is 7. The first-order valence-electron chi connectivity index (χ1n) is 18.1. The molecule has 0 aliphatic carbocycles. The number of hydrogen-bond acceptors (Lipinski definition) is 8. The Morgan fingerprint density at radius 1 is 0.808 bits per heavy atom. The molecule has 0 saturated heterocycles. The second-order valence-corrected chi connectivity index (χ2v) is 15.5. The highest BCUT2D eigenvalue weighted by molar-refractivity contribution is 5.99. The maximum Gasteiger partial charge on any atom is 0.250 e. The lowest BCUT2D eigenvalue weighted by molar-refractivity contribution is -0.140. The van der Waals surface area contributed by atoms with Crippen molar-refractivity contribution in [3.63, 3.8) is 0 Å². The van der Waals surface area contributed by atoms with Crippen LogP contribution in [0.2, 0.25) is 0 Å². The number of nitrogens with one attached hydrogen (secondary N) is 6. The molecule has 6 atom stereocenters. The molecule has 0 aliphatic rings.